The molecule has 1 aromatic rings. The standard InChI is InChI=1S/C14H20N2O3/c1-4-16-9(2)7-12(10(16)3)13(17)15-6-5-11(8-15)14(18)19/h7,11H,4-6,8H2,1-3H3,(H,18,19). The van der Waals surface area contributed by atoms with Crippen molar-refractivity contribution in [3.63, 3.8) is 0 Å². The lowest BCUT2D eigenvalue weighted by molar-refractivity contribution is -0.141. The molecule has 5 heteroatoms. The molecule has 5 nitrogen and oxygen atoms in total. The van der Waals surface area contributed by atoms with Crippen LogP contribution in [-0.4, -0.2) is 39.5 Å². The highest BCUT2D eigenvalue weighted by Gasteiger charge is 2.32. The van der Waals surface area contributed by atoms with E-state index in [1.54, 1.807) is 4.90 Å². The Hall–Kier alpha value is -1.78. The van der Waals surface area contributed by atoms with Gasteiger partial charge in [-0.3, -0.25) is 9.59 Å². The van der Waals surface area contributed by atoms with Crippen LogP contribution in [0.3, 0.4) is 0 Å². The van der Waals surface area contributed by atoms with Gasteiger partial charge in [0.15, 0.2) is 0 Å². The average Bonchev–Trinajstić information content (AvgIpc) is 2.94. The minimum absolute atomic E-state index is 0.0449. The zero-order valence-electron chi connectivity index (χ0n) is 11.6. The number of hydrogen-bond donors (Lipinski definition) is 1. The highest BCUT2D eigenvalue weighted by molar-refractivity contribution is 5.96. The van der Waals surface area contributed by atoms with Crippen molar-refractivity contribution in [2.24, 2.45) is 5.92 Å². The molecule has 1 saturated heterocycles. The third-order valence-corrected chi connectivity index (χ3v) is 3.94. The SMILES string of the molecule is CCn1c(C)cc(C(=O)N2CCC(C(=O)O)C2)c1C. The third kappa shape index (κ3) is 2.37. The maximum Gasteiger partial charge on any atom is 0.308 e. The summed E-state index contributed by atoms with van der Waals surface area (Å²) in [5.41, 5.74) is 2.73. The normalized spacial score (nSPS) is 18.9. The van der Waals surface area contributed by atoms with E-state index in [4.69, 9.17) is 5.11 Å². The molecular formula is C14H20N2O3. The molecule has 2 heterocycles. The largest absolute Gasteiger partial charge is 0.481 e. The predicted molar refractivity (Wildman–Crippen MR) is 71.2 cm³/mol. The van der Waals surface area contributed by atoms with Gasteiger partial charge >= 0.3 is 5.97 Å². The van der Waals surface area contributed by atoms with Gasteiger partial charge in [0.05, 0.1) is 11.5 Å². The Morgan fingerprint density at radius 1 is 1.42 bits per heavy atom. The molecule has 1 fully saturated rings. The molecule has 0 spiro atoms. The van der Waals surface area contributed by atoms with E-state index in [9.17, 15) is 9.59 Å². The van der Waals surface area contributed by atoms with Gasteiger partial charge in [-0.05, 0) is 33.3 Å². The van der Waals surface area contributed by atoms with E-state index in [1.165, 1.54) is 0 Å². The molecule has 19 heavy (non-hydrogen) atoms. The van der Waals surface area contributed by atoms with Gasteiger partial charge in [-0.2, -0.15) is 0 Å². The van der Waals surface area contributed by atoms with E-state index in [1.807, 2.05) is 26.8 Å². The van der Waals surface area contributed by atoms with Gasteiger partial charge in [0.1, 0.15) is 0 Å². The molecule has 1 aliphatic rings. The molecule has 1 unspecified atom stereocenters. The molecule has 2 rings (SSSR count). The number of carboxylic acid groups (broad SMARTS) is 1. The van der Waals surface area contributed by atoms with Crippen LogP contribution in [-0.2, 0) is 11.3 Å². The molecule has 1 atom stereocenters. The van der Waals surface area contributed by atoms with Gasteiger partial charge in [-0.15, -0.1) is 0 Å². The van der Waals surface area contributed by atoms with Crippen LogP contribution in [0.25, 0.3) is 0 Å². The van der Waals surface area contributed by atoms with Crippen molar-refractivity contribution in [3.8, 4) is 0 Å². The van der Waals surface area contributed by atoms with Gasteiger partial charge in [-0.25, -0.2) is 0 Å². The fourth-order valence-electron chi connectivity index (χ4n) is 2.82. The number of carbonyl (C=O) groups is 2. The number of aromatic nitrogens is 1. The first-order valence-corrected chi connectivity index (χ1v) is 6.64. The molecule has 0 saturated carbocycles. The fraction of sp³-hybridized carbons (Fsp3) is 0.571. The Morgan fingerprint density at radius 3 is 2.58 bits per heavy atom. The van der Waals surface area contributed by atoms with E-state index in [2.05, 4.69) is 4.57 Å². The summed E-state index contributed by atoms with van der Waals surface area (Å²) in [7, 11) is 0. The van der Waals surface area contributed by atoms with Crippen LogP contribution in [0.4, 0.5) is 0 Å². The molecule has 1 amide bonds. The number of rotatable bonds is 3. The van der Waals surface area contributed by atoms with Crippen molar-refractivity contribution in [2.45, 2.75) is 33.7 Å². The molecule has 1 N–H and O–H groups in total. The first kappa shape index (κ1) is 13.6. The maximum absolute atomic E-state index is 12.4. The lowest BCUT2D eigenvalue weighted by Gasteiger charge is -2.16. The third-order valence-electron chi connectivity index (χ3n) is 3.94. The zero-order valence-corrected chi connectivity index (χ0v) is 11.6. The minimum Gasteiger partial charge on any atom is -0.481 e. The topological polar surface area (TPSA) is 62.5 Å². The number of likely N-dealkylation sites (tertiary alicyclic amines) is 1. The molecule has 0 radical (unpaired) electrons. The van der Waals surface area contributed by atoms with Crippen molar-refractivity contribution in [3.05, 3.63) is 23.0 Å². The summed E-state index contributed by atoms with van der Waals surface area (Å²) in [6.07, 6.45) is 0.549. The number of nitrogens with zero attached hydrogens (tertiary/aromatic N) is 2. The van der Waals surface area contributed by atoms with Crippen molar-refractivity contribution in [2.75, 3.05) is 13.1 Å². The van der Waals surface area contributed by atoms with Crippen LogP contribution in [0.2, 0.25) is 0 Å². The Kier molecular flexibility index (Phi) is 3.64. The van der Waals surface area contributed by atoms with E-state index in [0.29, 0.717) is 25.1 Å². The number of carbonyl (C=O) groups excluding carboxylic acids is 1. The summed E-state index contributed by atoms with van der Waals surface area (Å²) in [4.78, 5) is 25.0. The first-order chi connectivity index (χ1) is 8.95. The van der Waals surface area contributed by atoms with E-state index in [0.717, 1.165) is 17.9 Å². The Labute approximate surface area is 112 Å². The van der Waals surface area contributed by atoms with Crippen molar-refractivity contribution in [1.29, 1.82) is 0 Å². The van der Waals surface area contributed by atoms with Crippen LogP contribution >= 0.6 is 0 Å². The summed E-state index contributed by atoms with van der Waals surface area (Å²) in [5.74, 6) is -1.27. The number of amides is 1. The van der Waals surface area contributed by atoms with Crippen LogP contribution in [0.1, 0.15) is 35.1 Å². The lowest BCUT2D eigenvalue weighted by atomic mass is 10.1. The minimum atomic E-state index is -0.811. The monoisotopic (exact) mass is 264 g/mol. The number of aryl methyl sites for hydroxylation is 1. The second-order valence-corrected chi connectivity index (χ2v) is 5.10. The van der Waals surface area contributed by atoms with Gasteiger partial charge < -0.3 is 14.6 Å². The lowest BCUT2D eigenvalue weighted by Crippen LogP contribution is -2.30. The number of aliphatic carboxylic acids is 1. The second kappa shape index (κ2) is 5.07. The second-order valence-electron chi connectivity index (χ2n) is 5.10. The molecule has 0 aliphatic carbocycles. The zero-order chi connectivity index (χ0) is 14.2. The highest BCUT2D eigenvalue weighted by Crippen LogP contribution is 2.22. The smallest absolute Gasteiger partial charge is 0.308 e. The Bertz CT molecular complexity index is 519. The van der Waals surface area contributed by atoms with E-state index in [-0.39, 0.29) is 5.91 Å². The molecule has 1 aromatic heterocycles. The van der Waals surface area contributed by atoms with Crippen LogP contribution in [0.5, 0.6) is 0 Å². The molecule has 0 aromatic carbocycles. The Morgan fingerprint density at radius 2 is 2.11 bits per heavy atom. The van der Waals surface area contributed by atoms with Gasteiger partial charge in [0.2, 0.25) is 0 Å². The molecule has 0 bridgehead atoms. The number of carboxylic acids is 1. The quantitative estimate of drug-likeness (QED) is 0.903. The predicted octanol–water partition coefficient (Wildman–Crippen LogP) is 1.67. The summed E-state index contributed by atoms with van der Waals surface area (Å²) in [6, 6.07) is 1.90. The van der Waals surface area contributed by atoms with E-state index < -0.39 is 11.9 Å². The summed E-state index contributed by atoms with van der Waals surface area (Å²) in [6.45, 7) is 7.66. The van der Waals surface area contributed by atoms with Crippen LogP contribution in [0, 0.1) is 19.8 Å². The van der Waals surface area contributed by atoms with Crippen LogP contribution < -0.4 is 0 Å². The Balaban J connectivity index is 2.19. The molecule has 1 aliphatic heterocycles. The number of hydrogen-bond acceptors (Lipinski definition) is 2. The summed E-state index contributed by atoms with van der Waals surface area (Å²) < 4.78 is 2.10. The fourth-order valence-corrected chi connectivity index (χ4v) is 2.82. The molecular weight excluding hydrogens is 244 g/mol. The summed E-state index contributed by atoms with van der Waals surface area (Å²) >= 11 is 0. The van der Waals surface area contributed by atoms with Crippen molar-refractivity contribution >= 4 is 11.9 Å². The maximum atomic E-state index is 12.4. The molecule has 104 valence electrons. The van der Waals surface area contributed by atoms with Gasteiger partial charge in [0.25, 0.3) is 5.91 Å². The first-order valence-electron chi connectivity index (χ1n) is 6.64. The van der Waals surface area contributed by atoms with Gasteiger partial charge in [-0.1, -0.05) is 0 Å². The van der Waals surface area contributed by atoms with Crippen molar-refractivity contribution < 1.29 is 14.7 Å². The van der Waals surface area contributed by atoms with Crippen LogP contribution in [0.15, 0.2) is 6.07 Å². The van der Waals surface area contributed by atoms with E-state index >= 15 is 0 Å². The van der Waals surface area contributed by atoms with Crippen molar-refractivity contribution in [1.82, 2.24) is 9.47 Å². The average molecular weight is 264 g/mol. The van der Waals surface area contributed by atoms with Gasteiger partial charge in [0, 0.05) is 31.0 Å². The highest BCUT2D eigenvalue weighted by atomic mass is 16.4. The summed E-state index contributed by atoms with van der Waals surface area (Å²) in [5, 5.41) is 8.98.